The van der Waals surface area contributed by atoms with E-state index < -0.39 is 11.7 Å². The summed E-state index contributed by atoms with van der Waals surface area (Å²) in [7, 11) is 0. The summed E-state index contributed by atoms with van der Waals surface area (Å²) in [6.45, 7) is 9.80. The standard InChI is InChI=1S/C21H33NO3S2/c1-15(2)16-7-9-17(10-8-16)21(26-11-6-12-27-21)13-18(14-23)22-19(24)25-20(3,4)5/h7-10,15,18,23H,6,11-14H2,1-5H3,(H,22,24)/t18-/m1/s1. The number of benzene rings is 1. The Morgan fingerprint density at radius 2 is 1.81 bits per heavy atom. The highest BCUT2D eigenvalue weighted by Gasteiger charge is 2.38. The third kappa shape index (κ3) is 6.61. The number of nitrogens with one attached hydrogen (secondary N) is 1. The average molecular weight is 412 g/mol. The van der Waals surface area contributed by atoms with Crippen molar-refractivity contribution in [3.8, 4) is 0 Å². The van der Waals surface area contributed by atoms with Crippen LogP contribution in [0, 0.1) is 0 Å². The first-order valence-electron chi connectivity index (χ1n) is 9.64. The molecule has 1 atom stereocenters. The van der Waals surface area contributed by atoms with Crippen LogP contribution in [-0.4, -0.2) is 41.0 Å². The Morgan fingerprint density at radius 1 is 1.22 bits per heavy atom. The zero-order chi connectivity index (χ0) is 20.1. The molecule has 1 aliphatic rings. The summed E-state index contributed by atoms with van der Waals surface area (Å²) in [5.41, 5.74) is 2.03. The lowest BCUT2D eigenvalue weighted by Crippen LogP contribution is -2.44. The highest BCUT2D eigenvalue weighted by Crippen LogP contribution is 2.53. The fraction of sp³-hybridized carbons (Fsp3) is 0.667. The van der Waals surface area contributed by atoms with E-state index in [9.17, 15) is 9.90 Å². The van der Waals surface area contributed by atoms with Crippen LogP contribution >= 0.6 is 23.5 Å². The lowest BCUT2D eigenvalue weighted by molar-refractivity contribution is 0.0478. The van der Waals surface area contributed by atoms with Gasteiger partial charge in [0.15, 0.2) is 0 Å². The van der Waals surface area contributed by atoms with Crippen molar-refractivity contribution >= 4 is 29.6 Å². The van der Waals surface area contributed by atoms with Gasteiger partial charge in [-0.15, -0.1) is 23.5 Å². The molecule has 2 N–H and O–H groups in total. The molecule has 4 nitrogen and oxygen atoms in total. The lowest BCUT2D eigenvalue weighted by atomic mass is 9.98. The first kappa shape index (κ1) is 22.4. The number of aliphatic hydroxyl groups excluding tert-OH is 1. The molecule has 152 valence electrons. The van der Waals surface area contributed by atoms with Crippen molar-refractivity contribution in [2.45, 2.75) is 69.1 Å². The van der Waals surface area contributed by atoms with Crippen LogP contribution < -0.4 is 5.32 Å². The fourth-order valence-electron chi connectivity index (χ4n) is 3.06. The molecule has 1 heterocycles. The summed E-state index contributed by atoms with van der Waals surface area (Å²) in [6.07, 6.45) is 1.38. The van der Waals surface area contributed by atoms with E-state index in [0.717, 1.165) is 11.5 Å². The van der Waals surface area contributed by atoms with Crippen molar-refractivity contribution < 1.29 is 14.6 Å². The zero-order valence-electron chi connectivity index (χ0n) is 17.1. The number of amides is 1. The molecule has 0 spiro atoms. The molecule has 1 aromatic rings. The summed E-state index contributed by atoms with van der Waals surface area (Å²) < 4.78 is 5.21. The van der Waals surface area contributed by atoms with Crippen LogP contribution in [0.4, 0.5) is 4.79 Å². The minimum Gasteiger partial charge on any atom is -0.444 e. The molecule has 27 heavy (non-hydrogen) atoms. The van der Waals surface area contributed by atoms with Gasteiger partial charge in [0.05, 0.1) is 16.7 Å². The van der Waals surface area contributed by atoms with Gasteiger partial charge >= 0.3 is 6.09 Å². The maximum Gasteiger partial charge on any atom is 0.407 e. The van der Waals surface area contributed by atoms with E-state index in [2.05, 4.69) is 43.4 Å². The van der Waals surface area contributed by atoms with Crippen LogP contribution in [0.15, 0.2) is 24.3 Å². The number of hydrogen-bond acceptors (Lipinski definition) is 5. The average Bonchev–Trinajstić information content (AvgIpc) is 2.60. The number of alkyl carbamates (subject to hydrolysis) is 1. The number of carbonyl (C=O) groups excluding carboxylic acids is 1. The van der Waals surface area contributed by atoms with Gasteiger partial charge in [-0.2, -0.15) is 0 Å². The van der Waals surface area contributed by atoms with Crippen LogP contribution in [0.25, 0.3) is 0 Å². The molecule has 1 aromatic carbocycles. The summed E-state index contributed by atoms with van der Waals surface area (Å²) >= 11 is 3.84. The molecule has 1 amide bonds. The SMILES string of the molecule is CC(C)c1ccc(C2(C[C@H](CO)NC(=O)OC(C)(C)C)SCCCS2)cc1. The molecule has 1 saturated heterocycles. The molecule has 0 aliphatic carbocycles. The minimum absolute atomic E-state index is 0.105. The molecular formula is C21H33NO3S2. The molecule has 0 bridgehead atoms. The molecule has 2 rings (SSSR count). The Kier molecular flexibility index (Phi) is 7.95. The molecule has 0 saturated carbocycles. The van der Waals surface area contributed by atoms with E-state index in [1.54, 1.807) is 0 Å². The smallest absolute Gasteiger partial charge is 0.407 e. The van der Waals surface area contributed by atoms with E-state index in [1.807, 2.05) is 44.3 Å². The minimum atomic E-state index is -0.553. The van der Waals surface area contributed by atoms with Gasteiger partial charge in [-0.25, -0.2) is 4.79 Å². The van der Waals surface area contributed by atoms with E-state index in [0.29, 0.717) is 12.3 Å². The van der Waals surface area contributed by atoms with E-state index in [4.69, 9.17) is 4.74 Å². The van der Waals surface area contributed by atoms with E-state index in [-0.39, 0.29) is 16.7 Å². The summed E-state index contributed by atoms with van der Waals surface area (Å²) in [4.78, 5) is 12.2. The van der Waals surface area contributed by atoms with E-state index >= 15 is 0 Å². The van der Waals surface area contributed by atoms with Crippen molar-refractivity contribution in [2.24, 2.45) is 0 Å². The second-order valence-corrected chi connectivity index (χ2v) is 11.4. The number of thioether (sulfide) groups is 2. The Hall–Kier alpha value is -0.850. The molecule has 0 unspecified atom stereocenters. The van der Waals surface area contributed by atoms with Crippen LogP contribution in [-0.2, 0) is 8.82 Å². The molecule has 1 fully saturated rings. The predicted molar refractivity (Wildman–Crippen MR) is 117 cm³/mol. The van der Waals surface area contributed by atoms with Gasteiger partial charge in [-0.1, -0.05) is 38.1 Å². The maximum atomic E-state index is 12.2. The van der Waals surface area contributed by atoms with Gasteiger partial charge in [0.2, 0.25) is 0 Å². The quantitative estimate of drug-likeness (QED) is 0.681. The van der Waals surface area contributed by atoms with Crippen LogP contribution in [0.3, 0.4) is 0 Å². The predicted octanol–water partition coefficient (Wildman–Crippen LogP) is 5.11. The fourth-order valence-corrected chi connectivity index (χ4v) is 6.56. The van der Waals surface area contributed by atoms with Gasteiger partial charge in [-0.05, 0) is 62.2 Å². The van der Waals surface area contributed by atoms with E-state index in [1.165, 1.54) is 17.5 Å². The number of ether oxygens (including phenoxy) is 1. The lowest BCUT2D eigenvalue weighted by Gasteiger charge is -2.39. The van der Waals surface area contributed by atoms with Crippen LogP contribution in [0.2, 0.25) is 0 Å². The first-order valence-corrected chi connectivity index (χ1v) is 11.6. The highest BCUT2D eigenvalue weighted by molar-refractivity contribution is 8.18. The number of rotatable bonds is 6. The van der Waals surface area contributed by atoms with Crippen LogP contribution in [0.1, 0.15) is 64.5 Å². The third-order valence-corrected chi connectivity index (χ3v) is 7.86. The Bertz CT molecular complexity index is 605. The van der Waals surface area contributed by atoms with Crippen molar-refractivity contribution in [1.82, 2.24) is 5.32 Å². The Morgan fingerprint density at radius 3 is 2.30 bits per heavy atom. The largest absolute Gasteiger partial charge is 0.444 e. The zero-order valence-corrected chi connectivity index (χ0v) is 18.7. The van der Waals surface area contributed by atoms with Crippen LogP contribution in [0.5, 0.6) is 0 Å². The molecule has 0 radical (unpaired) electrons. The monoisotopic (exact) mass is 411 g/mol. The molecular weight excluding hydrogens is 378 g/mol. The van der Waals surface area contributed by atoms with Gasteiger partial charge in [0, 0.05) is 0 Å². The number of hydrogen-bond donors (Lipinski definition) is 2. The molecule has 1 aliphatic heterocycles. The molecule has 0 aromatic heterocycles. The summed E-state index contributed by atoms with van der Waals surface area (Å²) in [6, 6.07) is 8.48. The van der Waals surface area contributed by atoms with Gasteiger partial charge < -0.3 is 15.2 Å². The molecule has 6 heteroatoms. The van der Waals surface area contributed by atoms with Gasteiger partial charge in [0.25, 0.3) is 0 Å². The van der Waals surface area contributed by atoms with Crippen molar-refractivity contribution in [1.29, 1.82) is 0 Å². The topological polar surface area (TPSA) is 58.6 Å². The Balaban J connectivity index is 2.17. The summed E-state index contributed by atoms with van der Waals surface area (Å²) in [5, 5.41) is 12.8. The Labute approximate surface area is 172 Å². The van der Waals surface area contributed by atoms with Gasteiger partial charge in [0.1, 0.15) is 5.60 Å². The summed E-state index contributed by atoms with van der Waals surface area (Å²) in [5.74, 6) is 2.67. The second-order valence-electron chi connectivity index (χ2n) is 8.31. The highest BCUT2D eigenvalue weighted by atomic mass is 32.2. The number of carbonyl (C=O) groups is 1. The van der Waals surface area contributed by atoms with Crippen molar-refractivity contribution in [2.75, 3.05) is 18.1 Å². The normalized spacial score (nSPS) is 18.2. The third-order valence-electron chi connectivity index (χ3n) is 4.43. The van der Waals surface area contributed by atoms with Crippen molar-refractivity contribution in [3.05, 3.63) is 35.4 Å². The second kappa shape index (κ2) is 9.57. The van der Waals surface area contributed by atoms with Gasteiger partial charge in [-0.3, -0.25) is 0 Å². The first-order chi connectivity index (χ1) is 12.6. The number of aliphatic hydroxyl groups is 1. The van der Waals surface area contributed by atoms with Crippen molar-refractivity contribution in [3.63, 3.8) is 0 Å². The maximum absolute atomic E-state index is 12.2.